The first-order chi connectivity index (χ1) is 9.27. The topological polar surface area (TPSA) is 49.3 Å². The Labute approximate surface area is 120 Å². The second-order valence-corrected chi connectivity index (χ2v) is 5.80. The molecule has 0 atom stereocenters. The van der Waals surface area contributed by atoms with Crippen molar-refractivity contribution in [2.24, 2.45) is 0 Å². The fourth-order valence-electron chi connectivity index (χ4n) is 1.43. The van der Waals surface area contributed by atoms with Gasteiger partial charge < -0.3 is 10.4 Å². The van der Waals surface area contributed by atoms with Crippen LogP contribution >= 0.6 is 0 Å². The molecule has 7 heteroatoms. The van der Waals surface area contributed by atoms with Crippen LogP contribution in [0.25, 0.3) is 0 Å². The summed E-state index contributed by atoms with van der Waals surface area (Å²) in [6, 6.07) is 2.48. The van der Waals surface area contributed by atoms with E-state index < -0.39 is 40.2 Å². The number of rotatable bonds is 3. The van der Waals surface area contributed by atoms with E-state index in [9.17, 15) is 27.5 Å². The van der Waals surface area contributed by atoms with Gasteiger partial charge in [0.2, 0.25) is 0 Å². The molecule has 0 aliphatic heterocycles. The van der Waals surface area contributed by atoms with Gasteiger partial charge >= 0.3 is 6.18 Å². The second kappa shape index (κ2) is 5.29. The quantitative estimate of drug-likeness (QED) is 0.843. The standard InChI is InChI=1S/C14H17F4NO2/c1-12(2,13(3,4)21)19-11(20)8-6-5-7-9(10(8)15)14(16,17)18/h5-7,21H,1-4H3,(H,19,20). The first kappa shape index (κ1) is 17.4. The lowest BCUT2D eigenvalue weighted by Crippen LogP contribution is -2.57. The van der Waals surface area contributed by atoms with Crippen LogP contribution in [0.2, 0.25) is 0 Å². The molecular formula is C14H17F4NO2. The summed E-state index contributed by atoms with van der Waals surface area (Å²) in [6.45, 7) is 5.82. The maximum atomic E-state index is 13.8. The molecule has 1 aromatic rings. The maximum Gasteiger partial charge on any atom is 0.419 e. The number of hydrogen-bond acceptors (Lipinski definition) is 2. The number of aliphatic hydroxyl groups is 1. The SMILES string of the molecule is CC(C)(O)C(C)(C)NC(=O)c1cccc(C(F)(F)F)c1F. The largest absolute Gasteiger partial charge is 0.419 e. The van der Waals surface area contributed by atoms with Crippen LogP contribution in [0.1, 0.15) is 43.6 Å². The summed E-state index contributed by atoms with van der Waals surface area (Å²) in [5.41, 5.74) is -4.73. The van der Waals surface area contributed by atoms with Crippen LogP contribution in [0.4, 0.5) is 17.6 Å². The first-order valence-corrected chi connectivity index (χ1v) is 6.18. The predicted molar refractivity (Wildman–Crippen MR) is 69.2 cm³/mol. The highest BCUT2D eigenvalue weighted by Crippen LogP contribution is 2.32. The van der Waals surface area contributed by atoms with Crippen molar-refractivity contribution in [3.63, 3.8) is 0 Å². The van der Waals surface area contributed by atoms with Crippen LogP contribution < -0.4 is 5.32 Å². The first-order valence-electron chi connectivity index (χ1n) is 6.18. The number of halogens is 4. The summed E-state index contributed by atoms with van der Waals surface area (Å²) in [7, 11) is 0. The van der Waals surface area contributed by atoms with Crippen molar-refractivity contribution >= 4 is 5.91 Å². The van der Waals surface area contributed by atoms with Crippen molar-refractivity contribution < 1.29 is 27.5 Å². The number of carbonyl (C=O) groups is 1. The molecule has 1 amide bonds. The molecule has 0 radical (unpaired) electrons. The highest BCUT2D eigenvalue weighted by molar-refractivity contribution is 5.95. The summed E-state index contributed by atoms with van der Waals surface area (Å²) >= 11 is 0. The van der Waals surface area contributed by atoms with E-state index in [1.54, 1.807) is 0 Å². The summed E-state index contributed by atoms with van der Waals surface area (Å²) in [5.74, 6) is -2.65. The van der Waals surface area contributed by atoms with E-state index in [4.69, 9.17) is 0 Å². The molecule has 1 rings (SSSR count). The molecule has 0 fully saturated rings. The Balaban J connectivity index is 3.16. The maximum absolute atomic E-state index is 13.8. The predicted octanol–water partition coefficient (Wildman–Crippen LogP) is 3.12. The third kappa shape index (κ3) is 3.72. The summed E-state index contributed by atoms with van der Waals surface area (Å²) < 4.78 is 51.7. The van der Waals surface area contributed by atoms with E-state index >= 15 is 0 Å². The van der Waals surface area contributed by atoms with Crippen LogP contribution in [0.15, 0.2) is 18.2 Å². The van der Waals surface area contributed by atoms with Crippen LogP contribution in [0, 0.1) is 5.82 Å². The summed E-state index contributed by atoms with van der Waals surface area (Å²) in [4.78, 5) is 12.0. The van der Waals surface area contributed by atoms with Crippen molar-refractivity contribution in [2.45, 2.75) is 45.0 Å². The summed E-state index contributed by atoms with van der Waals surface area (Å²) in [5, 5.41) is 12.2. The number of nitrogens with one attached hydrogen (secondary N) is 1. The van der Waals surface area contributed by atoms with Gasteiger partial charge in [0.25, 0.3) is 5.91 Å². The van der Waals surface area contributed by atoms with Crippen molar-refractivity contribution in [1.29, 1.82) is 0 Å². The molecule has 0 aliphatic carbocycles. The molecule has 0 heterocycles. The molecule has 0 spiro atoms. The molecule has 0 bridgehead atoms. The Kier molecular flexibility index (Phi) is 4.39. The van der Waals surface area contributed by atoms with Gasteiger partial charge in [0.1, 0.15) is 5.82 Å². The van der Waals surface area contributed by atoms with Gasteiger partial charge in [-0.1, -0.05) is 6.07 Å². The van der Waals surface area contributed by atoms with Gasteiger partial charge in [0.05, 0.1) is 22.3 Å². The third-order valence-corrected chi connectivity index (χ3v) is 3.50. The van der Waals surface area contributed by atoms with E-state index in [-0.39, 0.29) is 0 Å². The summed E-state index contributed by atoms with van der Waals surface area (Å²) in [6.07, 6.45) is -4.88. The van der Waals surface area contributed by atoms with Gasteiger partial charge in [-0.25, -0.2) is 4.39 Å². The van der Waals surface area contributed by atoms with Gasteiger partial charge in [-0.2, -0.15) is 13.2 Å². The fraction of sp³-hybridized carbons (Fsp3) is 0.500. The lowest BCUT2D eigenvalue weighted by Gasteiger charge is -2.38. The highest BCUT2D eigenvalue weighted by atomic mass is 19.4. The molecule has 21 heavy (non-hydrogen) atoms. The molecule has 0 aliphatic rings. The second-order valence-electron chi connectivity index (χ2n) is 5.80. The minimum absolute atomic E-state index is 0.563. The molecule has 1 aromatic carbocycles. The molecule has 0 unspecified atom stereocenters. The molecule has 118 valence electrons. The lowest BCUT2D eigenvalue weighted by molar-refractivity contribution is -0.140. The van der Waals surface area contributed by atoms with E-state index in [1.807, 2.05) is 0 Å². The van der Waals surface area contributed by atoms with E-state index in [1.165, 1.54) is 27.7 Å². The zero-order chi connectivity index (χ0) is 16.6. The fourth-order valence-corrected chi connectivity index (χ4v) is 1.43. The van der Waals surface area contributed by atoms with Crippen LogP contribution in [0.5, 0.6) is 0 Å². The Morgan fingerprint density at radius 3 is 2.10 bits per heavy atom. The molecule has 0 saturated heterocycles. The number of hydrogen-bond donors (Lipinski definition) is 2. The monoisotopic (exact) mass is 307 g/mol. The molecule has 2 N–H and O–H groups in total. The zero-order valence-electron chi connectivity index (χ0n) is 12.1. The van der Waals surface area contributed by atoms with Gasteiger partial charge in [-0.15, -0.1) is 0 Å². The van der Waals surface area contributed by atoms with Gasteiger partial charge in [0, 0.05) is 0 Å². The van der Waals surface area contributed by atoms with Gasteiger partial charge in [0.15, 0.2) is 0 Å². The van der Waals surface area contributed by atoms with E-state index in [0.29, 0.717) is 6.07 Å². The minimum Gasteiger partial charge on any atom is -0.388 e. The Morgan fingerprint density at radius 2 is 1.67 bits per heavy atom. The van der Waals surface area contributed by atoms with E-state index in [2.05, 4.69) is 5.32 Å². The van der Waals surface area contributed by atoms with Crippen molar-refractivity contribution in [3.8, 4) is 0 Å². The normalized spacial score (nSPS) is 13.2. The number of alkyl halides is 3. The van der Waals surface area contributed by atoms with E-state index in [0.717, 1.165) is 12.1 Å². The van der Waals surface area contributed by atoms with Crippen molar-refractivity contribution in [3.05, 3.63) is 35.1 Å². The van der Waals surface area contributed by atoms with Crippen LogP contribution in [-0.4, -0.2) is 22.2 Å². The average Bonchev–Trinajstić information content (AvgIpc) is 2.25. The van der Waals surface area contributed by atoms with Gasteiger partial charge in [-0.05, 0) is 39.8 Å². The van der Waals surface area contributed by atoms with Crippen LogP contribution in [0.3, 0.4) is 0 Å². The Morgan fingerprint density at radius 1 is 1.14 bits per heavy atom. The van der Waals surface area contributed by atoms with Crippen molar-refractivity contribution in [1.82, 2.24) is 5.32 Å². The number of amides is 1. The Bertz CT molecular complexity index is 545. The molecule has 3 nitrogen and oxygen atoms in total. The number of benzene rings is 1. The minimum atomic E-state index is -4.88. The molecular weight excluding hydrogens is 290 g/mol. The molecule has 0 aromatic heterocycles. The van der Waals surface area contributed by atoms with Crippen LogP contribution in [-0.2, 0) is 6.18 Å². The average molecular weight is 307 g/mol. The third-order valence-electron chi connectivity index (χ3n) is 3.50. The lowest BCUT2D eigenvalue weighted by atomic mass is 9.85. The van der Waals surface area contributed by atoms with Crippen molar-refractivity contribution in [2.75, 3.05) is 0 Å². The van der Waals surface area contributed by atoms with Gasteiger partial charge in [-0.3, -0.25) is 4.79 Å². The smallest absolute Gasteiger partial charge is 0.388 e. The number of carbonyl (C=O) groups excluding carboxylic acids is 1. The Hall–Kier alpha value is -1.63. The highest BCUT2D eigenvalue weighted by Gasteiger charge is 2.39. The molecule has 0 saturated carbocycles. The zero-order valence-corrected chi connectivity index (χ0v) is 12.1.